The van der Waals surface area contributed by atoms with Crippen molar-refractivity contribution in [3.63, 3.8) is 0 Å². The average Bonchev–Trinajstić information content (AvgIpc) is 2.46. The van der Waals surface area contributed by atoms with Gasteiger partial charge in [0.15, 0.2) is 0 Å². The average molecular weight is 340 g/mol. The van der Waals surface area contributed by atoms with Crippen molar-refractivity contribution >= 4 is 25.7 Å². The van der Waals surface area contributed by atoms with E-state index in [0.717, 1.165) is 24.1 Å². The maximum absolute atomic E-state index is 12.3. The molecule has 2 rings (SSSR count). The zero-order valence-corrected chi connectivity index (χ0v) is 13.5. The van der Waals surface area contributed by atoms with E-state index in [2.05, 4.69) is 4.72 Å². The summed E-state index contributed by atoms with van der Waals surface area (Å²) in [5.41, 5.74) is 1.46. The molecule has 0 aliphatic carbocycles. The van der Waals surface area contributed by atoms with Gasteiger partial charge in [0, 0.05) is 5.69 Å². The standard InChI is InChI=1S/C14H16N2O4S2/c1-2-11-4-3-5-12(10-11)16-22(19,20)14-8-6-13(7-9-14)21(15,17)18/h3-10,16H,2H2,1H3,(H2,15,17,18). The number of hydrogen-bond acceptors (Lipinski definition) is 4. The van der Waals surface area contributed by atoms with Gasteiger partial charge >= 0.3 is 0 Å². The molecule has 0 atom stereocenters. The molecule has 6 nitrogen and oxygen atoms in total. The molecule has 3 N–H and O–H groups in total. The van der Waals surface area contributed by atoms with Crippen LogP contribution in [0.2, 0.25) is 0 Å². The van der Waals surface area contributed by atoms with Crippen LogP contribution in [0.5, 0.6) is 0 Å². The van der Waals surface area contributed by atoms with E-state index >= 15 is 0 Å². The topological polar surface area (TPSA) is 106 Å². The zero-order valence-electron chi connectivity index (χ0n) is 11.9. The molecule has 0 aliphatic rings. The molecule has 8 heteroatoms. The van der Waals surface area contributed by atoms with Crippen molar-refractivity contribution in [2.45, 2.75) is 23.1 Å². The van der Waals surface area contributed by atoms with Crippen molar-refractivity contribution in [3.8, 4) is 0 Å². The van der Waals surface area contributed by atoms with Crippen LogP contribution in [0.3, 0.4) is 0 Å². The summed E-state index contributed by atoms with van der Waals surface area (Å²) in [7, 11) is -7.63. The largest absolute Gasteiger partial charge is 0.280 e. The Kier molecular flexibility index (Phi) is 4.55. The Morgan fingerprint density at radius 1 is 0.955 bits per heavy atom. The number of sulfonamides is 2. The van der Waals surface area contributed by atoms with Crippen molar-refractivity contribution in [2.75, 3.05) is 4.72 Å². The van der Waals surface area contributed by atoms with E-state index in [1.54, 1.807) is 18.2 Å². The molecule has 22 heavy (non-hydrogen) atoms. The molecule has 0 saturated carbocycles. The Bertz CT molecular complexity index is 873. The third-order valence-electron chi connectivity index (χ3n) is 3.05. The fourth-order valence-corrected chi connectivity index (χ4v) is 3.44. The van der Waals surface area contributed by atoms with Gasteiger partial charge in [-0.2, -0.15) is 0 Å². The van der Waals surface area contributed by atoms with E-state index in [0.29, 0.717) is 5.69 Å². The number of anilines is 1. The minimum Gasteiger partial charge on any atom is -0.280 e. The van der Waals surface area contributed by atoms with E-state index in [9.17, 15) is 16.8 Å². The number of rotatable bonds is 5. The van der Waals surface area contributed by atoms with E-state index in [1.807, 2.05) is 13.0 Å². The van der Waals surface area contributed by atoms with E-state index in [-0.39, 0.29) is 9.79 Å². The molecule has 0 bridgehead atoms. The first-order valence-corrected chi connectivity index (χ1v) is 9.50. The zero-order chi connectivity index (χ0) is 16.4. The molecule has 0 spiro atoms. The van der Waals surface area contributed by atoms with Gasteiger partial charge in [0.2, 0.25) is 10.0 Å². The van der Waals surface area contributed by atoms with Crippen molar-refractivity contribution in [3.05, 3.63) is 54.1 Å². The van der Waals surface area contributed by atoms with Gasteiger partial charge in [-0.25, -0.2) is 22.0 Å². The number of aryl methyl sites for hydroxylation is 1. The predicted octanol–water partition coefficient (Wildman–Crippen LogP) is 1.70. The van der Waals surface area contributed by atoms with E-state index < -0.39 is 20.0 Å². The summed E-state index contributed by atoms with van der Waals surface area (Å²) in [4.78, 5) is -0.179. The van der Waals surface area contributed by atoms with Crippen LogP contribution in [0.15, 0.2) is 58.3 Å². The van der Waals surface area contributed by atoms with Crippen LogP contribution >= 0.6 is 0 Å². The summed E-state index contributed by atoms with van der Waals surface area (Å²) in [5.74, 6) is 0. The molecular weight excluding hydrogens is 324 g/mol. The molecule has 0 amide bonds. The monoisotopic (exact) mass is 340 g/mol. The molecule has 0 radical (unpaired) electrons. The summed E-state index contributed by atoms with van der Waals surface area (Å²) in [6.07, 6.45) is 0.790. The van der Waals surface area contributed by atoms with Crippen molar-refractivity contribution in [1.82, 2.24) is 0 Å². The maximum atomic E-state index is 12.3. The molecule has 0 unspecified atom stereocenters. The minimum absolute atomic E-state index is 0.0400. The van der Waals surface area contributed by atoms with Gasteiger partial charge in [-0.05, 0) is 48.4 Å². The molecule has 0 fully saturated rings. The molecule has 118 valence electrons. The lowest BCUT2D eigenvalue weighted by Gasteiger charge is -2.09. The van der Waals surface area contributed by atoms with Crippen LogP contribution in [0.4, 0.5) is 5.69 Å². The Labute approximate surface area is 130 Å². The Balaban J connectivity index is 2.30. The number of benzene rings is 2. The van der Waals surface area contributed by atoms with Crippen LogP contribution in [-0.2, 0) is 26.5 Å². The fourth-order valence-electron chi connectivity index (χ4n) is 1.88. The number of nitrogens with one attached hydrogen (secondary N) is 1. The summed E-state index contributed by atoms with van der Waals surface area (Å²) >= 11 is 0. The molecule has 0 heterocycles. The van der Waals surface area contributed by atoms with Gasteiger partial charge in [0.25, 0.3) is 10.0 Å². The Hall–Kier alpha value is -1.90. The minimum atomic E-state index is -3.85. The highest BCUT2D eigenvalue weighted by molar-refractivity contribution is 7.92. The van der Waals surface area contributed by atoms with Gasteiger partial charge in [-0.1, -0.05) is 19.1 Å². The lowest BCUT2D eigenvalue weighted by Crippen LogP contribution is -2.15. The normalized spacial score (nSPS) is 12.1. The van der Waals surface area contributed by atoms with E-state index in [1.165, 1.54) is 12.1 Å². The predicted molar refractivity (Wildman–Crippen MR) is 84.4 cm³/mol. The third-order valence-corrected chi connectivity index (χ3v) is 5.38. The quantitative estimate of drug-likeness (QED) is 0.864. The molecule has 0 saturated heterocycles. The van der Waals surface area contributed by atoms with Crippen LogP contribution in [-0.4, -0.2) is 16.8 Å². The maximum Gasteiger partial charge on any atom is 0.261 e. The SMILES string of the molecule is CCc1cccc(NS(=O)(=O)c2ccc(S(N)(=O)=O)cc2)c1. The molecule has 2 aromatic rings. The van der Waals surface area contributed by atoms with Crippen LogP contribution < -0.4 is 9.86 Å². The van der Waals surface area contributed by atoms with Crippen molar-refractivity contribution in [2.24, 2.45) is 5.14 Å². The lowest BCUT2D eigenvalue weighted by atomic mass is 10.1. The van der Waals surface area contributed by atoms with Crippen molar-refractivity contribution in [1.29, 1.82) is 0 Å². The highest BCUT2D eigenvalue weighted by Crippen LogP contribution is 2.19. The van der Waals surface area contributed by atoms with Gasteiger partial charge < -0.3 is 0 Å². The highest BCUT2D eigenvalue weighted by atomic mass is 32.2. The van der Waals surface area contributed by atoms with Crippen molar-refractivity contribution < 1.29 is 16.8 Å². The molecular formula is C14H16N2O4S2. The highest BCUT2D eigenvalue weighted by Gasteiger charge is 2.16. The summed E-state index contributed by atoms with van der Waals surface area (Å²) in [6, 6.07) is 11.8. The second kappa shape index (κ2) is 6.07. The number of hydrogen-bond donors (Lipinski definition) is 2. The molecule has 0 aromatic heterocycles. The Morgan fingerprint density at radius 3 is 2.09 bits per heavy atom. The summed E-state index contributed by atoms with van der Waals surface area (Å²) < 4.78 is 49.3. The van der Waals surface area contributed by atoms with E-state index in [4.69, 9.17) is 5.14 Å². The van der Waals surface area contributed by atoms with Gasteiger partial charge in [0.05, 0.1) is 9.79 Å². The van der Waals surface area contributed by atoms with Crippen LogP contribution in [0.1, 0.15) is 12.5 Å². The summed E-state index contributed by atoms with van der Waals surface area (Å²) in [6.45, 7) is 1.97. The van der Waals surface area contributed by atoms with Crippen LogP contribution in [0, 0.1) is 0 Å². The molecule has 2 aromatic carbocycles. The lowest BCUT2D eigenvalue weighted by molar-refractivity contribution is 0.595. The number of nitrogens with two attached hydrogens (primary N) is 1. The smallest absolute Gasteiger partial charge is 0.261 e. The summed E-state index contributed by atoms with van der Waals surface area (Å²) in [5, 5.41) is 4.98. The van der Waals surface area contributed by atoms with Gasteiger partial charge in [0.1, 0.15) is 0 Å². The molecule has 0 aliphatic heterocycles. The fraction of sp³-hybridized carbons (Fsp3) is 0.143. The third kappa shape index (κ3) is 3.85. The Morgan fingerprint density at radius 2 is 1.55 bits per heavy atom. The van der Waals surface area contributed by atoms with Crippen LogP contribution in [0.25, 0.3) is 0 Å². The second-order valence-corrected chi connectivity index (χ2v) is 7.92. The second-order valence-electron chi connectivity index (χ2n) is 4.68. The van der Waals surface area contributed by atoms with Gasteiger partial charge in [-0.15, -0.1) is 0 Å². The first-order chi connectivity index (χ1) is 10.2. The number of primary sulfonamides is 1. The first-order valence-electron chi connectivity index (χ1n) is 6.47. The van der Waals surface area contributed by atoms with Gasteiger partial charge in [-0.3, -0.25) is 4.72 Å². The first kappa shape index (κ1) is 16.5.